The number of anilines is 2. The molecule has 3 nitrogen and oxygen atoms in total. The largest absolute Gasteiger partial charge is 0.329 e. The lowest BCUT2D eigenvalue weighted by Crippen LogP contribution is -2.16. The molecule has 1 N–H and O–H groups in total. The molecule has 1 aromatic carbocycles. The number of hydrogen-bond acceptors (Lipinski definition) is 3. The fourth-order valence-electron chi connectivity index (χ4n) is 2.09. The number of nitrogens with zero attached hydrogens (tertiary/aromatic N) is 2. The third kappa shape index (κ3) is 3.30. The Labute approximate surface area is 125 Å². The average molecular weight is 290 g/mol. The molecule has 4 heteroatoms. The molecule has 0 aliphatic heterocycles. The average Bonchev–Trinajstić information content (AvgIpc) is 2.46. The Morgan fingerprint density at radius 1 is 1.20 bits per heavy atom. The molecule has 106 valence electrons. The molecule has 2 rings (SSSR count). The zero-order valence-corrected chi connectivity index (χ0v) is 12.9. The van der Waals surface area contributed by atoms with Gasteiger partial charge in [0.05, 0.1) is 10.7 Å². The van der Waals surface area contributed by atoms with Crippen molar-refractivity contribution in [3.05, 3.63) is 52.7 Å². The van der Waals surface area contributed by atoms with E-state index >= 15 is 0 Å². The number of para-hydroxylation sites is 1. The van der Waals surface area contributed by atoms with Crippen LogP contribution in [0.25, 0.3) is 0 Å². The van der Waals surface area contributed by atoms with Gasteiger partial charge in [-0.3, -0.25) is 0 Å². The fraction of sp³-hybridized carbons (Fsp3) is 0.312. The highest BCUT2D eigenvalue weighted by Gasteiger charge is 2.10. The van der Waals surface area contributed by atoms with Gasteiger partial charge in [-0.05, 0) is 37.2 Å². The van der Waals surface area contributed by atoms with Crippen molar-refractivity contribution in [3.8, 4) is 0 Å². The van der Waals surface area contributed by atoms with E-state index in [1.54, 1.807) is 0 Å². The molecule has 0 bridgehead atoms. The van der Waals surface area contributed by atoms with Crippen molar-refractivity contribution >= 4 is 23.1 Å². The molecule has 0 saturated carbocycles. The molecular formula is C16H20ClN3. The first-order valence-corrected chi connectivity index (χ1v) is 7.16. The summed E-state index contributed by atoms with van der Waals surface area (Å²) in [6, 6.07) is 12.1. The van der Waals surface area contributed by atoms with Crippen LogP contribution in [0.2, 0.25) is 5.02 Å². The number of aromatic nitrogens is 1. The van der Waals surface area contributed by atoms with Crippen LogP contribution in [-0.4, -0.2) is 18.6 Å². The molecule has 0 aliphatic rings. The van der Waals surface area contributed by atoms with E-state index in [0.717, 1.165) is 23.7 Å². The SMILES string of the molecule is CCNCc1nc(N(C)c2ccccc2C)ccc1Cl. The van der Waals surface area contributed by atoms with Crippen LogP contribution in [0.1, 0.15) is 18.2 Å². The predicted molar refractivity (Wildman–Crippen MR) is 85.9 cm³/mol. The first-order chi connectivity index (χ1) is 9.63. The van der Waals surface area contributed by atoms with E-state index in [1.165, 1.54) is 5.56 Å². The molecule has 2 aromatic rings. The van der Waals surface area contributed by atoms with Crippen LogP contribution in [0, 0.1) is 6.92 Å². The third-order valence-corrected chi connectivity index (χ3v) is 3.61. The second-order valence-electron chi connectivity index (χ2n) is 4.72. The minimum Gasteiger partial charge on any atom is -0.329 e. The summed E-state index contributed by atoms with van der Waals surface area (Å²) in [5.41, 5.74) is 3.25. The summed E-state index contributed by atoms with van der Waals surface area (Å²) < 4.78 is 0. The van der Waals surface area contributed by atoms with E-state index in [9.17, 15) is 0 Å². The Morgan fingerprint density at radius 2 is 1.95 bits per heavy atom. The van der Waals surface area contributed by atoms with Crippen molar-refractivity contribution in [3.63, 3.8) is 0 Å². The Balaban J connectivity index is 2.30. The van der Waals surface area contributed by atoms with Crippen molar-refractivity contribution in [1.82, 2.24) is 10.3 Å². The van der Waals surface area contributed by atoms with Crippen molar-refractivity contribution in [1.29, 1.82) is 0 Å². The van der Waals surface area contributed by atoms with E-state index in [1.807, 2.05) is 31.3 Å². The zero-order chi connectivity index (χ0) is 14.5. The third-order valence-electron chi connectivity index (χ3n) is 3.27. The van der Waals surface area contributed by atoms with Crippen molar-refractivity contribution < 1.29 is 0 Å². The summed E-state index contributed by atoms with van der Waals surface area (Å²) in [7, 11) is 2.02. The maximum absolute atomic E-state index is 6.19. The van der Waals surface area contributed by atoms with Gasteiger partial charge in [-0.25, -0.2) is 4.98 Å². The topological polar surface area (TPSA) is 28.2 Å². The highest BCUT2D eigenvalue weighted by atomic mass is 35.5. The maximum atomic E-state index is 6.19. The normalized spacial score (nSPS) is 10.6. The molecule has 1 heterocycles. The lowest BCUT2D eigenvalue weighted by Gasteiger charge is -2.21. The van der Waals surface area contributed by atoms with Gasteiger partial charge in [0.1, 0.15) is 5.82 Å². The highest BCUT2D eigenvalue weighted by Crippen LogP contribution is 2.26. The van der Waals surface area contributed by atoms with Gasteiger partial charge in [0.15, 0.2) is 0 Å². The van der Waals surface area contributed by atoms with Gasteiger partial charge in [-0.2, -0.15) is 0 Å². The highest BCUT2D eigenvalue weighted by molar-refractivity contribution is 6.31. The van der Waals surface area contributed by atoms with Gasteiger partial charge in [-0.15, -0.1) is 0 Å². The summed E-state index contributed by atoms with van der Waals surface area (Å²) in [5, 5.41) is 3.96. The van der Waals surface area contributed by atoms with E-state index < -0.39 is 0 Å². The van der Waals surface area contributed by atoms with Crippen molar-refractivity contribution in [2.45, 2.75) is 20.4 Å². The molecule has 0 fully saturated rings. The minimum atomic E-state index is 0.685. The van der Waals surface area contributed by atoms with Crippen LogP contribution in [0.15, 0.2) is 36.4 Å². The Kier molecular flexibility index (Phi) is 4.99. The first kappa shape index (κ1) is 14.8. The standard InChI is InChI=1S/C16H20ClN3/c1-4-18-11-14-13(17)9-10-16(19-14)20(3)15-8-6-5-7-12(15)2/h5-10,18H,4,11H2,1-3H3. The summed E-state index contributed by atoms with van der Waals surface area (Å²) >= 11 is 6.19. The van der Waals surface area contributed by atoms with Crippen LogP contribution in [0.4, 0.5) is 11.5 Å². The zero-order valence-electron chi connectivity index (χ0n) is 12.2. The van der Waals surface area contributed by atoms with Crippen molar-refractivity contribution in [2.75, 3.05) is 18.5 Å². The van der Waals surface area contributed by atoms with Gasteiger partial charge in [0.2, 0.25) is 0 Å². The van der Waals surface area contributed by atoms with Crippen LogP contribution in [-0.2, 0) is 6.54 Å². The first-order valence-electron chi connectivity index (χ1n) is 6.79. The summed E-state index contributed by atoms with van der Waals surface area (Å²) in [5.74, 6) is 0.900. The second kappa shape index (κ2) is 6.73. The molecule has 0 radical (unpaired) electrons. The maximum Gasteiger partial charge on any atom is 0.133 e. The van der Waals surface area contributed by atoms with Crippen molar-refractivity contribution in [2.24, 2.45) is 0 Å². The second-order valence-corrected chi connectivity index (χ2v) is 5.13. The lowest BCUT2D eigenvalue weighted by atomic mass is 10.2. The van der Waals surface area contributed by atoms with E-state index in [2.05, 4.69) is 41.2 Å². The minimum absolute atomic E-state index is 0.685. The molecule has 0 spiro atoms. The van der Waals surface area contributed by atoms with Crippen LogP contribution in [0.3, 0.4) is 0 Å². The van der Waals surface area contributed by atoms with Gasteiger partial charge < -0.3 is 10.2 Å². The number of hydrogen-bond donors (Lipinski definition) is 1. The smallest absolute Gasteiger partial charge is 0.133 e. The molecular weight excluding hydrogens is 270 g/mol. The molecule has 0 amide bonds. The van der Waals surface area contributed by atoms with Crippen LogP contribution in [0.5, 0.6) is 0 Å². The summed E-state index contributed by atoms with van der Waals surface area (Å²) in [6.45, 7) is 5.75. The number of benzene rings is 1. The molecule has 1 aromatic heterocycles. The molecule has 20 heavy (non-hydrogen) atoms. The monoisotopic (exact) mass is 289 g/mol. The number of aryl methyl sites for hydroxylation is 1. The van der Waals surface area contributed by atoms with Gasteiger partial charge in [0.25, 0.3) is 0 Å². The van der Waals surface area contributed by atoms with Gasteiger partial charge in [0, 0.05) is 19.3 Å². The molecule has 0 unspecified atom stereocenters. The van der Waals surface area contributed by atoms with Gasteiger partial charge >= 0.3 is 0 Å². The molecule has 0 saturated heterocycles. The van der Waals surface area contributed by atoms with E-state index in [0.29, 0.717) is 11.6 Å². The summed E-state index contributed by atoms with van der Waals surface area (Å²) in [4.78, 5) is 6.74. The van der Waals surface area contributed by atoms with Crippen LogP contribution >= 0.6 is 11.6 Å². The Bertz CT molecular complexity index is 584. The lowest BCUT2D eigenvalue weighted by molar-refractivity contribution is 0.710. The van der Waals surface area contributed by atoms with E-state index in [-0.39, 0.29) is 0 Å². The quantitative estimate of drug-likeness (QED) is 0.904. The molecule has 0 atom stereocenters. The van der Waals surface area contributed by atoms with E-state index in [4.69, 9.17) is 11.6 Å². The Hall–Kier alpha value is -1.58. The molecule has 0 aliphatic carbocycles. The summed E-state index contributed by atoms with van der Waals surface area (Å²) in [6.07, 6.45) is 0. The fourth-order valence-corrected chi connectivity index (χ4v) is 2.26. The predicted octanol–water partition coefficient (Wildman–Crippen LogP) is 3.92. The number of nitrogens with one attached hydrogen (secondary N) is 1. The Morgan fingerprint density at radius 3 is 2.65 bits per heavy atom. The number of pyridine rings is 1. The number of halogens is 1. The number of rotatable bonds is 5. The van der Waals surface area contributed by atoms with Crippen LogP contribution < -0.4 is 10.2 Å². The van der Waals surface area contributed by atoms with Gasteiger partial charge in [-0.1, -0.05) is 36.7 Å².